The first kappa shape index (κ1) is 42.7. The molecule has 2 bridgehead atoms. The smallest absolute Gasteiger partial charge is 0.270 e. The number of amides is 1. The average molecular weight is 788 g/mol. The van der Waals surface area contributed by atoms with Crippen molar-refractivity contribution >= 4 is 11.6 Å². The van der Waals surface area contributed by atoms with Gasteiger partial charge in [0.15, 0.2) is 0 Å². The third-order valence-electron chi connectivity index (χ3n) is 13.1. The Morgan fingerprint density at radius 1 is 1.11 bits per heavy atom. The number of carbonyl (C=O) groups excluding carboxylic acids is 1. The minimum Gasteiger partial charge on any atom is -0.496 e. The van der Waals surface area contributed by atoms with Crippen LogP contribution in [-0.2, 0) is 17.8 Å². The lowest BCUT2D eigenvalue weighted by Gasteiger charge is -2.62. The number of carbonyl (C=O) groups is 1. The van der Waals surface area contributed by atoms with Crippen LogP contribution in [0.2, 0.25) is 0 Å². The van der Waals surface area contributed by atoms with E-state index < -0.39 is 41.2 Å². The largest absolute Gasteiger partial charge is 0.496 e. The highest BCUT2D eigenvalue weighted by Crippen LogP contribution is 2.61. The SMILES string of the molecule is COc1c(CN2O[C@@H](CO)[C@@H]([C@H](C)O)[C@H]2C(O)N[C@H]2C[C@H]3C[C@@H]([C@@H]2C)C3(C)C)cccc1-c1cc(C(=O)N[C@@H](CCc2ccccc2)CN(C)C)cc([N+](=O)[O-])c1. The van der Waals surface area contributed by atoms with Crippen LogP contribution in [0.15, 0.2) is 66.7 Å². The molecule has 3 aromatic carbocycles. The van der Waals surface area contributed by atoms with Gasteiger partial charge in [-0.25, -0.2) is 0 Å². The molecule has 5 N–H and O–H groups in total. The molecule has 3 saturated carbocycles. The summed E-state index contributed by atoms with van der Waals surface area (Å²) >= 11 is 0. The number of fused-ring (bicyclic) bond motifs is 2. The van der Waals surface area contributed by atoms with Crippen molar-refractivity contribution in [3.05, 3.63) is 93.5 Å². The number of rotatable bonds is 17. The number of benzene rings is 3. The van der Waals surface area contributed by atoms with E-state index in [4.69, 9.17) is 9.57 Å². The molecule has 4 aliphatic rings. The Morgan fingerprint density at radius 3 is 2.46 bits per heavy atom. The van der Waals surface area contributed by atoms with E-state index in [2.05, 4.69) is 43.5 Å². The summed E-state index contributed by atoms with van der Waals surface area (Å²) in [5.41, 5.74) is 2.94. The normalized spacial score (nSPS) is 27.0. The number of nitrogens with zero attached hydrogens (tertiary/aromatic N) is 3. The molecule has 310 valence electrons. The van der Waals surface area contributed by atoms with Gasteiger partial charge in [-0.1, -0.05) is 69.3 Å². The number of hydrogen-bond acceptors (Lipinski definition) is 11. The number of nitro benzene ring substituents is 1. The molecule has 1 aliphatic heterocycles. The van der Waals surface area contributed by atoms with Gasteiger partial charge in [-0.3, -0.25) is 25.1 Å². The molecule has 0 aromatic heterocycles. The lowest BCUT2D eigenvalue weighted by atomic mass is 9.44. The third kappa shape index (κ3) is 9.20. The lowest BCUT2D eigenvalue weighted by molar-refractivity contribution is -0.384. The first-order valence-electron chi connectivity index (χ1n) is 20.2. The maximum atomic E-state index is 13.8. The Kier molecular flexibility index (Phi) is 13.4. The molecule has 7 rings (SSSR count). The quantitative estimate of drug-likeness (QED) is 0.0708. The monoisotopic (exact) mass is 787 g/mol. The number of likely N-dealkylation sites (N-methyl/N-ethyl adjacent to an activating group) is 1. The number of aryl methyl sites for hydroxylation is 1. The van der Waals surface area contributed by atoms with Crippen LogP contribution >= 0.6 is 0 Å². The maximum Gasteiger partial charge on any atom is 0.270 e. The van der Waals surface area contributed by atoms with Gasteiger partial charge >= 0.3 is 0 Å². The zero-order valence-corrected chi connectivity index (χ0v) is 34.3. The van der Waals surface area contributed by atoms with Crippen LogP contribution in [0.4, 0.5) is 5.69 Å². The molecule has 4 fully saturated rings. The Bertz CT molecular complexity index is 1860. The summed E-state index contributed by atoms with van der Waals surface area (Å²) in [6.07, 6.45) is 0.839. The second kappa shape index (κ2) is 17.9. The number of para-hydroxylation sites is 1. The highest BCUT2D eigenvalue weighted by molar-refractivity contribution is 5.97. The number of aliphatic hydroxyl groups excluding tert-OH is 3. The van der Waals surface area contributed by atoms with Crippen LogP contribution in [-0.4, -0.2) is 107 Å². The molecule has 3 aromatic rings. The lowest BCUT2D eigenvalue weighted by Crippen LogP contribution is -2.63. The second-order valence-corrected chi connectivity index (χ2v) is 17.4. The fourth-order valence-electron chi connectivity index (χ4n) is 9.93. The first-order valence-corrected chi connectivity index (χ1v) is 20.2. The van der Waals surface area contributed by atoms with Gasteiger partial charge in [-0.15, -0.1) is 0 Å². The topological polar surface area (TPSA) is 170 Å². The average Bonchev–Trinajstić information content (AvgIpc) is 3.56. The van der Waals surface area contributed by atoms with Gasteiger partial charge in [-0.05, 0) is 87.1 Å². The summed E-state index contributed by atoms with van der Waals surface area (Å²) < 4.78 is 5.98. The fourth-order valence-corrected chi connectivity index (χ4v) is 9.93. The molecule has 10 atom stereocenters. The van der Waals surface area contributed by atoms with E-state index in [1.54, 1.807) is 30.2 Å². The number of non-ortho nitro benzene ring substituents is 1. The molecular formula is C44H61N5O8. The fraction of sp³-hybridized carbons (Fsp3) is 0.568. The van der Waals surface area contributed by atoms with Gasteiger partial charge in [0.2, 0.25) is 0 Å². The van der Waals surface area contributed by atoms with Crippen LogP contribution in [0.25, 0.3) is 11.1 Å². The highest BCUT2D eigenvalue weighted by Gasteiger charge is 2.57. The first-order chi connectivity index (χ1) is 27.1. The van der Waals surface area contributed by atoms with Crippen LogP contribution in [0, 0.1) is 39.2 Å². The molecule has 0 spiro atoms. The van der Waals surface area contributed by atoms with Crippen LogP contribution < -0.4 is 15.4 Å². The Balaban J connectivity index is 1.27. The van der Waals surface area contributed by atoms with Crippen LogP contribution in [0.1, 0.15) is 68.4 Å². The summed E-state index contributed by atoms with van der Waals surface area (Å²) in [6, 6.07) is 19.0. The number of hydrogen-bond donors (Lipinski definition) is 5. The number of aliphatic hydroxyl groups is 3. The van der Waals surface area contributed by atoms with Gasteiger partial charge < -0.3 is 30.3 Å². The Hall–Kier alpha value is -3.95. The van der Waals surface area contributed by atoms with E-state index >= 15 is 0 Å². The van der Waals surface area contributed by atoms with E-state index in [1.807, 2.05) is 43.3 Å². The van der Waals surface area contributed by atoms with E-state index in [1.165, 1.54) is 25.7 Å². The molecular weight excluding hydrogens is 727 g/mol. The standard InChI is InChI=1S/C44H61N5O8/c1-26-36-21-32(44(36,3)4)22-37(26)46-43(53)40-39(27(2)51)38(25-50)57-48(40)23-29-14-11-15-35(41(29)56-7)30-18-31(20-34(19-30)49(54)55)42(52)45-33(24-47(5)6)17-16-28-12-9-8-10-13-28/h8-15,18-20,26-27,32-33,36-40,43,46,50-51,53H,16-17,21-25H2,1-7H3,(H,45,52)/t26-,27-,32+,33-,36-,37-,38-,39+,40-,43?/m0/s1. The third-order valence-corrected chi connectivity index (χ3v) is 13.1. The molecule has 1 amide bonds. The number of hydroxylamine groups is 2. The van der Waals surface area contributed by atoms with Crippen molar-refractivity contribution < 1.29 is 34.6 Å². The summed E-state index contributed by atoms with van der Waals surface area (Å²) in [6.45, 7) is 8.88. The van der Waals surface area contributed by atoms with Crippen molar-refractivity contribution in [3.8, 4) is 16.9 Å². The second-order valence-electron chi connectivity index (χ2n) is 17.4. The van der Waals surface area contributed by atoms with Crippen LogP contribution in [0.3, 0.4) is 0 Å². The van der Waals surface area contributed by atoms with Crippen molar-refractivity contribution in [2.24, 2.45) is 29.1 Å². The molecule has 13 nitrogen and oxygen atoms in total. The maximum absolute atomic E-state index is 13.8. The minimum absolute atomic E-state index is 0.0848. The molecule has 1 heterocycles. The number of nitrogens with one attached hydrogen (secondary N) is 2. The van der Waals surface area contributed by atoms with E-state index in [0.717, 1.165) is 18.4 Å². The molecule has 0 radical (unpaired) electrons. The van der Waals surface area contributed by atoms with Crippen molar-refractivity contribution in [3.63, 3.8) is 0 Å². The van der Waals surface area contributed by atoms with E-state index in [9.17, 15) is 30.2 Å². The van der Waals surface area contributed by atoms with Gasteiger partial charge in [0.05, 0.1) is 37.3 Å². The summed E-state index contributed by atoms with van der Waals surface area (Å²) in [5.74, 6) is 0.855. The predicted molar refractivity (Wildman–Crippen MR) is 218 cm³/mol. The number of nitro groups is 1. The minimum atomic E-state index is -1.08. The molecule has 57 heavy (non-hydrogen) atoms. The summed E-state index contributed by atoms with van der Waals surface area (Å²) in [4.78, 5) is 33.9. The van der Waals surface area contributed by atoms with Gasteiger partial charge in [0.1, 0.15) is 18.1 Å². The predicted octanol–water partition coefficient (Wildman–Crippen LogP) is 5.02. The summed E-state index contributed by atoms with van der Waals surface area (Å²) in [7, 11) is 5.39. The summed E-state index contributed by atoms with van der Waals surface area (Å²) in [5, 5.41) is 53.7. The van der Waals surface area contributed by atoms with Gasteiger partial charge in [-0.2, -0.15) is 5.06 Å². The Morgan fingerprint density at radius 2 is 1.84 bits per heavy atom. The van der Waals surface area contributed by atoms with Crippen molar-refractivity contribution in [2.75, 3.05) is 34.4 Å². The van der Waals surface area contributed by atoms with Crippen molar-refractivity contribution in [2.45, 2.75) is 96.5 Å². The molecule has 3 aliphatic carbocycles. The van der Waals surface area contributed by atoms with E-state index in [-0.39, 0.29) is 41.9 Å². The van der Waals surface area contributed by atoms with E-state index in [0.29, 0.717) is 53.2 Å². The zero-order valence-electron chi connectivity index (χ0n) is 34.3. The molecule has 13 heteroatoms. The Labute approximate surface area is 336 Å². The van der Waals surface area contributed by atoms with Gasteiger partial charge in [0, 0.05) is 53.4 Å². The van der Waals surface area contributed by atoms with Crippen molar-refractivity contribution in [1.82, 2.24) is 20.6 Å². The number of methoxy groups -OCH3 is 1. The zero-order chi connectivity index (χ0) is 41.2. The molecule has 1 saturated heterocycles. The van der Waals surface area contributed by atoms with Crippen molar-refractivity contribution in [1.29, 1.82) is 0 Å². The highest BCUT2D eigenvalue weighted by atomic mass is 16.7. The number of ether oxygens (including phenoxy) is 1. The van der Waals surface area contributed by atoms with Crippen LogP contribution in [0.5, 0.6) is 5.75 Å². The van der Waals surface area contributed by atoms with Gasteiger partial charge in [0.25, 0.3) is 11.6 Å². The molecule has 1 unspecified atom stereocenters.